The SMILES string of the molecule is N#Cc1ccc2cc3c(=O)n(-c4ccc(Cl)cc4)c(=O)nc-3n(-c3cccc(O)c3)c2c1. The highest BCUT2D eigenvalue weighted by Crippen LogP contribution is 2.30. The fourth-order valence-corrected chi connectivity index (χ4v) is 3.84. The van der Waals surface area contributed by atoms with Crippen LogP contribution in [0.1, 0.15) is 5.56 Å². The van der Waals surface area contributed by atoms with Crippen molar-refractivity contribution < 1.29 is 5.11 Å². The number of rotatable bonds is 2. The molecule has 0 unspecified atom stereocenters. The summed E-state index contributed by atoms with van der Waals surface area (Å²) in [5.74, 6) is 0.131. The number of fused-ring (bicyclic) bond motifs is 2. The summed E-state index contributed by atoms with van der Waals surface area (Å²) in [5, 5.41) is 20.5. The lowest BCUT2D eigenvalue weighted by atomic mass is 10.1. The number of aromatic hydroxyl groups is 1. The second kappa shape index (κ2) is 7.38. The van der Waals surface area contributed by atoms with Crippen LogP contribution >= 0.6 is 11.6 Å². The number of aromatic nitrogens is 3. The first-order valence-electron chi connectivity index (χ1n) is 9.54. The number of benzene rings is 3. The first kappa shape index (κ1) is 19.5. The topological polar surface area (TPSA) is 101 Å². The molecule has 0 saturated heterocycles. The number of phenolic OH excluding ortho intramolecular Hbond substituents is 1. The van der Waals surface area contributed by atoms with Gasteiger partial charge in [-0.3, -0.25) is 9.36 Å². The van der Waals surface area contributed by atoms with Crippen molar-refractivity contribution in [2.45, 2.75) is 0 Å². The fraction of sp³-hybridized carbons (Fsp3) is 0. The summed E-state index contributed by atoms with van der Waals surface area (Å²) < 4.78 is 2.58. The van der Waals surface area contributed by atoms with Crippen molar-refractivity contribution in [1.82, 2.24) is 14.1 Å². The lowest BCUT2D eigenvalue weighted by Gasteiger charge is -2.19. The van der Waals surface area contributed by atoms with E-state index in [-0.39, 0.29) is 17.1 Å². The zero-order valence-electron chi connectivity index (χ0n) is 16.4. The van der Waals surface area contributed by atoms with E-state index < -0.39 is 11.2 Å². The molecule has 0 bridgehead atoms. The molecule has 0 atom stereocenters. The second-order valence-electron chi connectivity index (χ2n) is 7.13. The molecule has 2 aliphatic rings. The highest BCUT2D eigenvalue weighted by atomic mass is 35.5. The Balaban J connectivity index is 1.95. The smallest absolute Gasteiger partial charge is 0.357 e. The Bertz CT molecular complexity index is 1650. The predicted octanol–water partition coefficient (Wildman–Crippen LogP) is 3.87. The maximum absolute atomic E-state index is 13.4. The van der Waals surface area contributed by atoms with Gasteiger partial charge in [0.1, 0.15) is 5.75 Å². The van der Waals surface area contributed by atoms with Gasteiger partial charge in [-0.25, -0.2) is 9.36 Å². The zero-order chi connectivity index (χ0) is 22.4. The van der Waals surface area contributed by atoms with Gasteiger partial charge < -0.3 is 5.11 Å². The summed E-state index contributed by atoms with van der Waals surface area (Å²) in [6, 6.07) is 21.4. The molecule has 7 nitrogen and oxygen atoms in total. The Morgan fingerprint density at radius 2 is 1.69 bits per heavy atom. The number of nitriles is 1. The Morgan fingerprint density at radius 1 is 0.906 bits per heavy atom. The number of pyridine rings is 1. The van der Waals surface area contributed by atoms with Crippen LogP contribution in [0.3, 0.4) is 0 Å². The van der Waals surface area contributed by atoms with Gasteiger partial charge in [-0.05, 0) is 60.0 Å². The Morgan fingerprint density at radius 3 is 2.41 bits per heavy atom. The first-order chi connectivity index (χ1) is 15.5. The van der Waals surface area contributed by atoms with Crippen molar-refractivity contribution in [3.8, 4) is 34.6 Å². The van der Waals surface area contributed by atoms with E-state index in [4.69, 9.17) is 11.6 Å². The predicted molar refractivity (Wildman–Crippen MR) is 121 cm³/mol. The monoisotopic (exact) mass is 440 g/mol. The molecule has 5 rings (SSSR count). The molecule has 8 heteroatoms. The molecule has 3 aromatic rings. The van der Waals surface area contributed by atoms with Gasteiger partial charge in [0.15, 0.2) is 5.82 Å². The molecule has 1 N–H and O–H groups in total. The van der Waals surface area contributed by atoms with Crippen molar-refractivity contribution in [1.29, 1.82) is 5.26 Å². The molecule has 2 heterocycles. The fourth-order valence-electron chi connectivity index (χ4n) is 3.71. The molecular formula is C24H13ClN4O3. The van der Waals surface area contributed by atoms with E-state index in [1.807, 2.05) is 0 Å². The van der Waals surface area contributed by atoms with Crippen LogP contribution in [-0.2, 0) is 0 Å². The molecule has 0 aromatic heterocycles. The number of hydrogen-bond acceptors (Lipinski definition) is 5. The molecule has 0 fully saturated rings. The average molecular weight is 441 g/mol. The maximum atomic E-state index is 13.4. The van der Waals surface area contributed by atoms with E-state index in [1.165, 1.54) is 12.1 Å². The van der Waals surface area contributed by atoms with Crippen LogP contribution in [-0.4, -0.2) is 19.2 Å². The molecule has 2 aliphatic heterocycles. The first-order valence-corrected chi connectivity index (χ1v) is 9.92. The Hall–Kier alpha value is -4.41. The van der Waals surface area contributed by atoms with Crippen LogP contribution in [0.4, 0.5) is 0 Å². The van der Waals surface area contributed by atoms with Crippen molar-refractivity contribution >= 4 is 22.5 Å². The third-order valence-electron chi connectivity index (χ3n) is 5.15. The molecule has 0 amide bonds. The highest BCUT2D eigenvalue weighted by Gasteiger charge is 2.22. The van der Waals surface area contributed by atoms with Crippen LogP contribution in [0.5, 0.6) is 5.75 Å². The van der Waals surface area contributed by atoms with Gasteiger partial charge in [0.25, 0.3) is 5.56 Å². The number of halogens is 1. The van der Waals surface area contributed by atoms with Gasteiger partial charge in [0.2, 0.25) is 0 Å². The maximum Gasteiger partial charge on any atom is 0.357 e. The van der Waals surface area contributed by atoms with E-state index in [0.717, 1.165) is 4.57 Å². The third kappa shape index (κ3) is 3.11. The molecule has 32 heavy (non-hydrogen) atoms. The van der Waals surface area contributed by atoms with Crippen molar-refractivity contribution in [2.24, 2.45) is 0 Å². The third-order valence-corrected chi connectivity index (χ3v) is 5.40. The van der Waals surface area contributed by atoms with E-state index in [2.05, 4.69) is 11.1 Å². The van der Waals surface area contributed by atoms with E-state index >= 15 is 0 Å². The summed E-state index contributed by atoms with van der Waals surface area (Å²) in [7, 11) is 0. The van der Waals surface area contributed by atoms with E-state index in [1.54, 1.807) is 65.2 Å². The van der Waals surface area contributed by atoms with Gasteiger partial charge in [-0.15, -0.1) is 0 Å². The number of phenols is 1. The van der Waals surface area contributed by atoms with Crippen LogP contribution in [0.25, 0.3) is 33.7 Å². The van der Waals surface area contributed by atoms with Crippen LogP contribution in [0, 0.1) is 11.3 Å². The van der Waals surface area contributed by atoms with Crippen molar-refractivity contribution in [3.05, 3.63) is 104 Å². The number of nitrogens with zero attached hydrogens (tertiary/aromatic N) is 4. The van der Waals surface area contributed by atoms with Gasteiger partial charge >= 0.3 is 5.69 Å². The van der Waals surface area contributed by atoms with Gasteiger partial charge in [0.05, 0.1) is 34.1 Å². The average Bonchev–Trinajstić information content (AvgIpc) is 2.79. The quantitative estimate of drug-likeness (QED) is 0.420. The molecular weight excluding hydrogens is 428 g/mol. The van der Waals surface area contributed by atoms with Crippen molar-refractivity contribution in [3.63, 3.8) is 0 Å². The summed E-state index contributed by atoms with van der Waals surface area (Å²) in [6.45, 7) is 0. The normalized spacial score (nSPS) is 11.0. The minimum atomic E-state index is -0.755. The molecule has 0 radical (unpaired) electrons. The summed E-state index contributed by atoms with van der Waals surface area (Å²) in [4.78, 5) is 30.6. The van der Waals surface area contributed by atoms with Crippen LogP contribution in [0.2, 0.25) is 5.02 Å². The standard InChI is InChI=1S/C24H13ClN4O3/c25-16-6-8-17(9-7-16)29-23(31)20-11-15-5-4-14(13-26)10-21(15)28(22(20)27-24(29)32)18-2-1-3-19(30)12-18/h1-12,30H. The van der Waals surface area contributed by atoms with Gasteiger partial charge in [-0.2, -0.15) is 10.2 Å². The summed E-state index contributed by atoms with van der Waals surface area (Å²) in [5.41, 5.74) is 0.728. The van der Waals surface area contributed by atoms with E-state index in [9.17, 15) is 20.0 Å². The Labute approximate surface area is 186 Å². The minimum Gasteiger partial charge on any atom is -0.508 e. The molecule has 0 aliphatic carbocycles. The van der Waals surface area contributed by atoms with Crippen LogP contribution < -0.4 is 11.2 Å². The zero-order valence-corrected chi connectivity index (χ0v) is 17.1. The highest BCUT2D eigenvalue weighted by molar-refractivity contribution is 6.30. The van der Waals surface area contributed by atoms with Gasteiger partial charge in [-0.1, -0.05) is 23.7 Å². The van der Waals surface area contributed by atoms with Crippen molar-refractivity contribution in [2.75, 3.05) is 0 Å². The number of hydrogen-bond donors (Lipinski definition) is 1. The van der Waals surface area contributed by atoms with E-state index in [0.29, 0.717) is 32.9 Å². The lowest BCUT2D eigenvalue weighted by Crippen LogP contribution is -2.36. The minimum absolute atomic E-state index is 0.00782. The van der Waals surface area contributed by atoms with Crippen LogP contribution in [0.15, 0.2) is 82.4 Å². The largest absolute Gasteiger partial charge is 0.508 e. The lowest BCUT2D eigenvalue weighted by molar-refractivity contribution is 0.475. The summed E-state index contributed by atoms with van der Waals surface area (Å²) in [6.07, 6.45) is 0. The molecule has 0 spiro atoms. The molecule has 154 valence electrons. The summed E-state index contributed by atoms with van der Waals surface area (Å²) >= 11 is 5.94. The Kier molecular flexibility index (Phi) is 4.51. The molecule has 0 saturated carbocycles. The second-order valence-corrected chi connectivity index (χ2v) is 7.57. The van der Waals surface area contributed by atoms with Gasteiger partial charge in [0, 0.05) is 11.1 Å². The molecule has 3 aromatic carbocycles.